The molecular weight excluding hydrogens is 180 g/mol. The third kappa shape index (κ3) is 3.13. The summed E-state index contributed by atoms with van der Waals surface area (Å²) in [6.45, 7) is 5.46. The molecule has 0 aromatic rings. The summed E-state index contributed by atoms with van der Waals surface area (Å²) in [6.07, 6.45) is 2.54. The van der Waals surface area contributed by atoms with Gasteiger partial charge >= 0.3 is 5.97 Å². The van der Waals surface area contributed by atoms with E-state index in [0.717, 1.165) is 12.8 Å². The van der Waals surface area contributed by atoms with E-state index in [9.17, 15) is 9.59 Å². The van der Waals surface area contributed by atoms with Crippen molar-refractivity contribution in [2.45, 2.75) is 52.6 Å². The minimum Gasteiger partial charge on any atom is -0.462 e. The highest BCUT2D eigenvalue weighted by Crippen LogP contribution is 2.22. The summed E-state index contributed by atoms with van der Waals surface area (Å²) in [4.78, 5) is 22.6. The second kappa shape index (κ2) is 4.11. The molecule has 3 nitrogen and oxygen atoms in total. The Kier molecular flexibility index (Phi) is 3.29. The van der Waals surface area contributed by atoms with Gasteiger partial charge in [-0.15, -0.1) is 0 Å². The van der Waals surface area contributed by atoms with Crippen LogP contribution in [-0.4, -0.2) is 17.9 Å². The molecule has 1 unspecified atom stereocenters. The molecule has 0 spiro atoms. The molecule has 3 heteroatoms. The second-order valence-corrected chi connectivity index (χ2v) is 4.91. The third-order valence-electron chi connectivity index (χ3n) is 2.32. The van der Waals surface area contributed by atoms with Gasteiger partial charge in [-0.05, 0) is 33.6 Å². The molecule has 1 aliphatic rings. The van der Waals surface area contributed by atoms with E-state index in [1.54, 1.807) is 0 Å². The Balaban J connectivity index is 2.44. The lowest BCUT2D eigenvalue weighted by molar-refractivity contribution is -0.160. The van der Waals surface area contributed by atoms with E-state index in [0.29, 0.717) is 12.8 Å². The summed E-state index contributed by atoms with van der Waals surface area (Å²) < 4.78 is 5.27. The quantitative estimate of drug-likeness (QED) is 0.606. The molecule has 0 aliphatic heterocycles. The van der Waals surface area contributed by atoms with Crippen LogP contribution in [0.4, 0.5) is 0 Å². The molecule has 0 heterocycles. The highest BCUT2D eigenvalue weighted by molar-refractivity contribution is 5.80. The number of ketones is 1. The van der Waals surface area contributed by atoms with Crippen molar-refractivity contribution in [3.8, 4) is 0 Å². The number of hydrogen-bond donors (Lipinski definition) is 0. The van der Waals surface area contributed by atoms with Crippen LogP contribution in [0.25, 0.3) is 0 Å². The average molecular weight is 198 g/mol. The molecule has 1 rings (SSSR count). The van der Waals surface area contributed by atoms with Crippen LogP contribution < -0.4 is 0 Å². The molecule has 1 aliphatic carbocycles. The molecule has 14 heavy (non-hydrogen) atoms. The van der Waals surface area contributed by atoms with E-state index in [1.165, 1.54) is 0 Å². The fourth-order valence-electron chi connectivity index (χ4n) is 1.41. The van der Waals surface area contributed by atoms with Gasteiger partial charge in [0.05, 0.1) is 5.41 Å². The number of esters is 1. The largest absolute Gasteiger partial charge is 0.462 e. The van der Waals surface area contributed by atoms with E-state index in [2.05, 4.69) is 0 Å². The van der Waals surface area contributed by atoms with E-state index in [-0.39, 0.29) is 17.9 Å². The topological polar surface area (TPSA) is 43.4 Å². The first-order valence-electron chi connectivity index (χ1n) is 5.12. The molecule has 0 N–H and O–H groups in total. The van der Waals surface area contributed by atoms with Gasteiger partial charge in [0.15, 0.2) is 0 Å². The van der Waals surface area contributed by atoms with Crippen molar-refractivity contribution in [3.63, 3.8) is 0 Å². The lowest BCUT2D eigenvalue weighted by Crippen LogP contribution is -2.31. The predicted molar refractivity (Wildman–Crippen MR) is 52.8 cm³/mol. The maximum absolute atomic E-state index is 11.5. The second-order valence-electron chi connectivity index (χ2n) is 4.91. The van der Waals surface area contributed by atoms with Gasteiger partial charge in [-0.3, -0.25) is 9.59 Å². The van der Waals surface area contributed by atoms with E-state index >= 15 is 0 Å². The van der Waals surface area contributed by atoms with Gasteiger partial charge in [0.1, 0.15) is 11.9 Å². The fourth-order valence-corrected chi connectivity index (χ4v) is 1.41. The Morgan fingerprint density at radius 3 is 2.57 bits per heavy atom. The minimum absolute atomic E-state index is 0.178. The van der Waals surface area contributed by atoms with E-state index in [4.69, 9.17) is 4.74 Å². The van der Waals surface area contributed by atoms with Crippen LogP contribution in [-0.2, 0) is 14.3 Å². The van der Waals surface area contributed by atoms with Crippen LogP contribution in [0.15, 0.2) is 0 Å². The summed E-state index contributed by atoms with van der Waals surface area (Å²) in [7, 11) is 0. The first-order valence-corrected chi connectivity index (χ1v) is 5.12. The smallest absolute Gasteiger partial charge is 0.311 e. The lowest BCUT2D eigenvalue weighted by Gasteiger charge is -2.25. The van der Waals surface area contributed by atoms with E-state index < -0.39 is 5.41 Å². The Hall–Kier alpha value is -0.860. The van der Waals surface area contributed by atoms with Gasteiger partial charge in [-0.2, -0.15) is 0 Å². The van der Waals surface area contributed by atoms with Crippen LogP contribution in [0.1, 0.15) is 46.5 Å². The SMILES string of the molecule is CC(C)(C)C(=O)OC1CCCC(=O)C1. The summed E-state index contributed by atoms with van der Waals surface area (Å²) in [5, 5.41) is 0. The molecule has 1 atom stereocenters. The van der Waals surface area contributed by atoms with E-state index in [1.807, 2.05) is 20.8 Å². The fraction of sp³-hybridized carbons (Fsp3) is 0.818. The minimum atomic E-state index is -0.472. The molecular formula is C11H18O3. The van der Waals surface area contributed by atoms with Gasteiger partial charge in [-0.25, -0.2) is 0 Å². The lowest BCUT2D eigenvalue weighted by atomic mass is 9.94. The highest BCUT2D eigenvalue weighted by Gasteiger charge is 2.28. The van der Waals surface area contributed by atoms with Crippen molar-refractivity contribution in [2.24, 2.45) is 5.41 Å². The van der Waals surface area contributed by atoms with Gasteiger partial charge in [0.25, 0.3) is 0 Å². The monoisotopic (exact) mass is 198 g/mol. The molecule has 0 bridgehead atoms. The maximum atomic E-state index is 11.5. The zero-order valence-electron chi connectivity index (χ0n) is 9.13. The normalized spacial score (nSPS) is 23.4. The van der Waals surface area contributed by atoms with Gasteiger partial charge in [-0.1, -0.05) is 0 Å². The van der Waals surface area contributed by atoms with Gasteiger partial charge in [0, 0.05) is 12.8 Å². The molecule has 1 saturated carbocycles. The number of carbonyl (C=O) groups excluding carboxylic acids is 2. The van der Waals surface area contributed by atoms with Crippen molar-refractivity contribution in [2.75, 3.05) is 0 Å². The molecule has 80 valence electrons. The van der Waals surface area contributed by atoms with Crippen molar-refractivity contribution in [1.82, 2.24) is 0 Å². The Bertz CT molecular complexity index is 237. The van der Waals surface area contributed by atoms with Crippen LogP contribution in [0, 0.1) is 5.41 Å². The Labute approximate surface area is 84.8 Å². The molecule has 0 radical (unpaired) electrons. The average Bonchev–Trinajstić information content (AvgIpc) is 2.02. The summed E-state index contributed by atoms with van der Waals surface area (Å²) in [6, 6.07) is 0. The number of rotatable bonds is 1. The standard InChI is InChI=1S/C11H18O3/c1-11(2,3)10(13)14-9-6-4-5-8(12)7-9/h9H,4-7H2,1-3H3. The summed E-state index contributed by atoms with van der Waals surface area (Å²) >= 11 is 0. The van der Waals surface area contributed by atoms with Gasteiger partial charge < -0.3 is 4.74 Å². The zero-order chi connectivity index (χ0) is 10.8. The maximum Gasteiger partial charge on any atom is 0.311 e. The molecule has 0 amide bonds. The number of hydrogen-bond acceptors (Lipinski definition) is 3. The predicted octanol–water partition coefficient (Wildman–Crippen LogP) is 2.09. The van der Waals surface area contributed by atoms with Crippen LogP contribution >= 0.6 is 0 Å². The van der Waals surface area contributed by atoms with Crippen molar-refractivity contribution in [1.29, 1.82) is 0 Å². The Morgan fingerprint density at radius 2 is 2.07 bits per heavy atom. The molecule has 0 saturated heterocycles. The first kappa shape index (κ1) is 11.2. The molecule has 0 aromatic heterocycles. The third-order valence-corrected chi connectivity index (χ3v) is 2.32. The van der Waals surface area contributed by atoms with Crippen LogP contribution in [0.5, 0.6) is 0 Å². The number of carbonyl (C=O) groups is 2. The van der Waals surface area contributed by atoms with Gasteiger partial charge in [0.2, 0.25) is 0 Å². The molecule has 0 aromatic carbocycles. The van der Waals surface area contributed by atoms with Crippen molar-refractivity contribution >= 4 is 11.8 Å². The number of ether oxygens (including phenoxy) is 1. The summed E-state index contributed by atoms with van der Waals surface area (Å²) in [5.74, 6) is 0.000147. The summed E-state index contributed by atoms with van der Waals surface area (Å²) in [5.41, 5.74) is -0.472. The number of Topliss-reactive ketones (excluding diaryl/α,β-unsaturated/α-hetero) is 1. The molecule has 1 fully saturated rings. The highest BCUT2D eigenvalue weighted by atomic mass is 16.5. The van der Waals surface area contributed by atoms with Crippen molar-refractivity contribution < 1.29 is 14.3 Å². The Morgan fingerprint density at radius 1 is 1.43 bits per heavy atom. The van der Waals surface area contributed by atoms with Crippen LogP contribution in [0.3, 0.4) is 0 Å². The van der Waals surface area contributed by atoms with Crippen molar-refractivity contribution in [3.05, 3.63) is 0 Å². The first-order chi connectivity index (χ1) is 6.39. The zero-order valence-corrected chi connectivity index (χ0v) is 9.13. The van der Waals surface area contributed by atoms with Crippen LogP contribution in [0.2, 0.25) is 0 Å².